The molecule has 0 rings (SSSR count). The van der Waals surface area contributed by atoms with E-state index in [9.17, 15) is 19.5 Å². The summed E-state index contributed by atoms with van der Waals surface area (Å²) in [5.41, 5.74) is -0.0136. The summed E-state index contributed by atoms with van der Waals surface area (Å²) in [5, 5.41) is 23.9. The Bertz CT molecular complexity index is 473. The van der Waals surface area contributed by atoms with E-state index in [1.165, 1.54) is 0 Å². The lowest BCUT2D eigenvalue weighted by Crippen LogP contribution is -2.46. The molecule has 0 aromatic carbocycles. The summed E-state index contributed by atoms with van der Waals surface area (Å²) in [6.45, 7) is 6.94. The number of thioether (sulfide) groups is 1. The van der Waals surface area contributed by atoms with Gasteiger partial charge in [-0.15, -0.1) is 0 Å². The third kappa shape index (κ3) is 9.69. The van der Waals surface area contributed by atoms with Gasteiger partial charge in [0.2, 0.25) is 16.9 Å². The van der Waals surface area contributed by atoms with Gasteiger partial charge in [0.25, 0.3) is 0 Å². The molecule has 0 aliphatic heterocycles. The lowest BCUT2D eigenvalue weighted by Gasteiger charge is -2.27. The first-order chi connectivity index (χ1) is 11.1. The summed E-state index contributed by atoms with van der Waals surface area (Å²) in [4.78, 5) is 34.7. The molecule has 7 nitrogen and oxygen atoms in total. The van der Waals surface area contributed by atoms with Crippen molar-refractivity contribution in [1.82, 2.24) is 10.6 Å². The summed E-state index contributed by atoms with van der Waals surface area (Å²) in [6.07, 6.45) is 0.272. The van der Waals surface area contributed by atoms with Crippen LogP contribution in [0.5, 0.6) is 0 Å². The topological polar surface area (TPSA) is 116 Å². The Morgan fingerprint density at radius 2 is 1.79 bits per heavy atom. The van der Waals surface area contributed by atoms with Crippen LogP contribution in [0.2, 0.25) is 0 Å². The predicted octanol–water partition coefficient (Wildman–Crippen LogP) is 0.214. The molecule has 0 spiro atoms. The average Bonchev–Trinajstić information content (AvgIpc) is 2.49. The van der Waals surface area contributed by atoms with Crippen LogP contribution in [-0.2, 0) is 14.4 Å². The molecule has 0 aliphatic carbocycles. The highest BCUT2D eigenvalue weighted by atomic mass is 32.2. The molecular weight excluding hydrogens is 332 g/mol. The molecule has 0 aliphatic rings. The number of hydrogen-bond acceptors (Lipinski definition) is 6. The van der Waals surface area contributed by atoms with Gasteiger partial charge in [-0.25, -0.2) is 0 Å². The Morgan fingerprint density at radius 3 is 2.33 bits per heavy atom. The van der Waals surface area contributed by atoms with Crippen molar-refractivity contribution in [2.75, 3.05) is 25.4 Å². The third-order valence-corrected chi connectivity index (χ3v) is 3.93. The van der Waals surface area contributed by atoms with Crippen LogP contribution < -0.4 is 10.6 Å². The fourth-order valence-corrected chi connectivity index (χ4v) is 2.27. The third-order valence-electron chi connectivity index (χ3n) is 3.12. The van der Waals surface area contributed by atoms with Crippen LogP contribution in [0.25, 0.3) is 0 Å². The zero-order chi connectivity index (χ0) is 18.8. The van der Waals surface area contributed by atoms with E-state index in [1.54, 1.807) is 19.9 Å². The van der Waals surface area contributed by atoms with Gasteiger partial charge in [-0.05, 0) is 19.9 Å². The first kappa shape index (κ1) is 22.6. The zero-order valence-electron chi connectivity index (χ0n) is 14.7. The average molecular weight is 360 g/mol. The molecule has 0 saturated heterocycles. The van der Waals surface area contributed by atoms with Crippen molar-refractivity contribution in [3.63, 3.8) is 0 Å². The molecular formula is C16H28N2O5S. The van der Waals surface area contributed by atoms with E-state index in [1.807, 2.05) is 13.8 Å². The Labute approximate surface area is 147 Å². The number of rotatable bonds is 10. The lowest BCUT2D eigenvalue weighted by atomic mass is 9.87. The second-order valence-electron chi connectivity index (χ2n) is 6.33. The fraction of sp³-hybridized carbons (Fsp3) is 0.688. The first-order valence-electron chi connectivity index (χ1n) is 7.75. The molecule has 0 saturated carbocycles. The number of hydrogen-bond donors (Lipinski definition) is 4. The summed E-state index contributed by atoms with van der Waals surface area (Å²) < 4.78 is 0. The Kier molecular flexibility index (Phi) is 10.6. The molecule has 24 heavy (non-hydrogen) atoms. The molecule has 0 aromatic rings. The number of amides is 2. The minimum atomic E-state index is -1.34. The fourth-order valence-electron chi connectivity index (χ4n) is 1.55. The minimum absolute atomic E-state index is 0.0444. The molecule has 0 fully saturated rings. The maximum atomic E-state index is 11.7. The molecule has 1 atom stereocenters. The van der Waals surface area contributed by atoms with Crippen LogP contribution in [0.1, 0.15) is 34.1 Å². The lowest BCUT2D eigenvalue weighted by molar-refractivity contribution is -0.137. The molecule has 4 N–H and O–H groups in total. The van der Waals surface area contributed by atoms with Gasteiger partial charge in [0, 0.05) is 30.7 Å². The predicted molar refractivity (Wildman–Crippen MR) is 94.4 cm³/mol. The van der Waals surface area contributed by atoms with E-state index in [4.69, 9.17) is 5.11 Å². The number of aliphatic hydroxyl groups excluding tert-OH is 2. The van der Waals surface area contributed by atoms with Gasteiger partial charge in [-0.2, -0.15) is 0 Å². The van der Waals surface area contributed by atoms with Crippen molar-refractivity contribution in [3.8, 4) is 0 Å². The zero-order valence-corrected chi connectivity index (χ0v) is 15.5. The number of carbonyl (C=O) groups excluding carboxylic acids is 3. The van der Waals surface area contributed by atoms with Crippen molar-refractivity contribution >= 4 is 28.7 Å². The van der Waals surface area contributed by atoms with E-state index in [-0.39, 0.29) is 30.6 Å². The van der Waals surface area contributed by atoms with Crippen LogP contribution in [0.3, 0.4) is 0 Å². The van der Waals surface area contributed by atoms with Crippen LogP contribution in [0.15, 0.2) is 11.6 Å². The number of nitrogens with one attached hydrogen (secondary N) is 2. The summed E-state index contributed by atoms with van der Waals surface area (Å²) >= 11 is 1.13. The Morgan fingerprint density at radius 1 is 1.17 bits per heavy atom. The van der Waals surface area contributed by atoms with E-state index < -0.39 is 17.4 Å². The molecule has 0 bridgehead atoms. The van der Waals surface area contributed by atoms with E-state index in [0.29, 0.717) is 12.3 Å². The first-order valence-corrected chi connectivity index (χ1v) is 8.73. The van der Waals surface area contributed by atoms with Crippen molar-refractivity contribution in [2.24, 2.45) is 5.41 Å². The van der Waals surface area contributed by atoms with Gasteiger partial charge in [0.05, 0.1) is 6.61 Å². The summed E-state index contributed by atoms with van der Waals surface area (Å²) in [7, 11) is 0. The SMILES string of the molecule is CC(C)=CC(=O)SCCNC(=O)CCNC(=O)[C@H](O)C(C)(C)CO. The van der Waals surface area contributed by atoms with Gasteiger partial charge in [0.1, 0.15) is 6.10 Å². The highest BCUT2D eigenvalue weighted by molar-refractivity contribution is 8.14. The Balaban J connectivity index is 3.90. The molecule has 2 amide bonds. The van der Waals surface area contributed by atoms with E-state index >= 15 is 0 Å². The standard InChI is InChI=1S/C16H28N2O5S/c1-11(2)9-13(21)24-8-7-17-12(20)5-6-18-15(23)14(22)16(3,4)10-19/h9,14,19,22H,5-8,10H2,1-4H3,(H,17,20)(H,18,23)/t14-/m0/s1. The largest absolute Gasteiger partial charge is 0.396 e. The molecule has 8 heteroatoms. The minimum Gasteiger partial charge on any atom is -0.396 e. The summed E-state index contributed by atoms with van der Waals surface area (Å²) in [5.74, 6) is -0.393. The number of carbonyl (C=O) groups is 3. The van der Waals surface area contributed by atoms with Gasteiger partial charge in [-0.3, -0.25) is 14.4 Å². The molecule has 0 aromatic heterocycles. The van der Waals surface area contributed by atoms with Crippen molar-refractivity contribution in [2.45, 2.75) is 40.2 Å². The molecule has 0 heterocycles. The van der Waals surface area contributed by atoms with Crippen molar-refractivity contribution < 1.29 is 24.6 Å². The number of allylic oxidation sites excluding steroid dienone is 1. The van der Waals surface area contributed by atoms with Crippen molar-refractivity contribution in [3.05, 3.63) is 11.6 Å². The summed E-state index contributed by atoms with van der Waals surface area (Å²) in [6, 6.07) is 0. The van der Waals surface area contributed by atoms with Crippen molar-refractivity contribution in [1.29, 1.82) is 0 Å². The van der Waals surface area contributed by atoms with Crippen LogP contribution in [0.4, 0.5) is 0 Å². The van der Waals surface area contributed by atoms with Gasteiger partial charge in [0.15, 0.2) is 0 Å². The normalized spacial score (nSPS) is 12.2. The Hall–Kier alpha value is -1.38. The molecule has 0 radical (unpaired) electrons. The molecule has 138 valence electrons. The second-order valence-corrected chi connectivity index (χ2v) is 7.43. The van der Waals surface area contributed by atoms with Crippen LogP contribution in [-0.4, -0.2) is 58.7 Å². The highest BCUT2D eigenvalue weighted by Gasteiger charge is 2.32. The van der Waals surface area contributed by atoms with E-state index in [2.05, 4.69) is 10.6 Å². The monoisotopic (exact) mass is 360 g/mol. The van der Waals surface area contributed by atoms with Crippen LogP contribution in [0, 0.1) is 5.41 Å². The van der Waals surface area contributed by atoms with Gasteiger partial charge < -0.3 is 20.8 Å². The number of aliphatic hydroxyl groups is 2. The maximum absolute atomic E-state index is 11.7. The second kappa shape index (κ2) is 11.2. The van der Waals surface area contributed by atoms with E-state index in [0.717, 1.165) is 17.3 Å². The smallest absolute Gasteiger partial charge is 0.249 e. The van der Waals surface area contributed by atoms with Crippen LogP contribution >= 0.6 is 11.8 Å². The molecule has 0 unspecified atom stereocenters. The maximum Gasteiger partial charge on any atom is 0.249 e. The quantitative estimate of drug-likeness (QED) is 0.327. The van der Waals surface area contributed by atoms with Gasteiger partial charge in [-0.1, -0.05) is 31.2 Å². The highest BCUT2D eigenvalue weighted by Crippen LogP contribution is 2.19. The van der Waals surface area contributed by atoms with Gasteiger partial charge >= 0.3 is 0 Å².